The van der Waals surface area contributed by atoms with Gasteiger partial charge in [0.05, 0.1) is 12.5 Å². The van der Waals surface area contributed by atoms with Crippen molar-refractivity contribution in [1.29, 1.82) is 5.26 Å². The smallest absolute Gasteiger partial charge is 0.133 e. The van der Waals surface area contributed by atoms with Crippen LogP contribution >= 0.6 is 24.0 Å². The third kappa shape index (κ3) is 1.39. The minimum Gasteiger partial charge on any atom is -0.206 e. The average Bonchev–Trinajstić information content (AvgIpc) is 2.54. The van der Waals surface area contributed by atoms with Gasteiger partial charge in [-0.05, 0) is 11.6 Å². The van der Waals surface area contributed by atoms with E-state index >= 15 is 0 Å². The molecular weight excluding hydrogens is 217 g/mol. The van der Waals surface area contributed by atoms with Crippen LogP contribution in [0.15, 0.2) is 22.4 Å². The Morgan fingerprint density at radius 2 is 2.29 bits per heavy atom. The number of nitrogens with zero attached hydrogens (tertiary/aromatic N) is 1. The molecule has 0 saturated heterocycles. The van der Waals surface area contributed by atoms with Crippen molar-refractivity contribution in [3.63, 3.8) is 0 Å². The van der Waals surface area contributed by atoms with Crippen molar-refractivity contribution >= 4 is 34.1 Å². The number of halogens is 1. The van der Waals surface area contributed by atoms with Gasteiger partial charge in [-0.15, -0.1) is 24.0 Å². The first-order valence-corrected chi connectivity index (χ1v) is 5.31. The molecule has 1 aromatic carbocycles. The lowest BCUT2D eigenvalue weighted by atomic mass is 10.1. The Labute approximate surface area is 90.2 Å². The van der Waals surface area contributed by atoms with Crippen LogP contribution < -0.4 is 0 Å². The summed E-state index contributed by atoms with van der Waals surface area (Å²) < 4.78 is 14.2. The first-order valence-electron chi connectivity index (χ1n) is 3.98. The standard InChI is InChI=1S/C10H6FNS2/c11-7-2-1-6(3-4-12)10-9(7)8(13)5-14-10/h1-2,5,13H,3H2. The van der Waals surface area contributed by atoms with Crippen LogP contribution in [0, 0.1) is 17.1 Å². The van der Waals surface area contributed by atoms with E-state index in [9.17, 15) is 4.39 Å². The molecule has 1 nitrogen and oxygen atoms in total. The number of rotatable bonds is 1. The van der Waals surface area contributed by atoms with Crippen LogP contribution in [-0.2, 0) is 6.42 Å². The topological polar surface area (TPSA) is 23.8 Å². The maximum absolute atomic E-state index is 13.4. The van der Waals surface area contributed by atoms with E-state index in [1.165, 1.54) is 17.4 Å². The van der Waals surface area contributed by atoms with E-state index < -0.39 is 0 Å². The first-order chi connectivity index (χ1) is 6.74. The van der Waals surface area contributed by atoms with Crippen molar-refractivity contribution in [1.82, 2.24) is 0 Å². The van der Waals surface area contributed by atoms with Crippen LogP contribution in [0.5, 0.6) is 0 Å². The fourth-order valence-corrected chi connectivity index (χ4v) is 2.79. The highest BCUT2D eigenvalue weighted by atomic mass is 32.1. The highest BCUT2D eigenvalue weighted by molar-refractivity contribution is 7.80. The fourth-order valence-electron chi connectivity index (χ4n) is 1.37. The number of fused-ring (bicyclic) bond motifs is 1. The van der Waals surface area contributed by atoms with E-state index in [1.807, 2.05) is 0 Å². The summed E-state index contributed by atoms with van der Waals surface area (Å²) in [5.74, 6) is -0.270. The summed E-state index contributed by atoms with van der Waals surface area (Å²) in [4.78, 5) is 0.641. The lowest BCUT2D eigenvalue weighted by Gasteiger charge is -1.99. The SMILES string of the molecule is N#CCc1ccc(F)c2c(S)csc12. The quantitative estimate of drug-likeness (QED) is 0.736. The second-order valence-corrected chi connectivity index (χ2v) is 4.23. The van der Waals surface area contributed by atoms with Crippen molar-refractivity contribution in [3.8, 4) is 6.07 Å². The number of thiophene rings is 1. The van der Waals surface area contributed by atoms with E-state index in [4.69, 9.17) is 5.26 Å². The third-order valence-corrected chi connectivity index (χ3v) is 3.59. The van der Waals surface area contributed by atoms with Crippen molar-refractivity contribution in [2.75, 3.05) is 0 Å². The number of hydrogen-bond donors (Lipinski definition) is 1. The molecule has 1 aromatic heterocycles. The monoisotopic (exact) mass is 223 g/mol. The van der Waals surface area contributed by atoms with Gasteiger partial charge in [0.1, 0.15) is 5.82 Å². The molecule has 4 heteroatoms. The molecule has 2 aromatic rings. The van der Waals surface area contributed by atoms with Gasteiger partial charge in [-0.1, -0.05) is 6.07 Å². The summed E-state index contributed by atoms with van der Waals surface area (Å²) in [5, 5.41) is 10.9. The second-order valence-electron chi connectivity index (χ2n) is 2.87. The van der Waals surface area contributed by atoms with Crippen molar-refractivity contribution in [2.24, 2.45) is 0 Å². The molecule has 0 bridgehead atoms. The molecule has 14 heavy (non-hydrogen) atoms. The van der Waals surface area contributed by atoms with Crippen molar-refractivity contribution in [2.45, 2.75) is 11.3 Å². The minimum atomic E-state index is -0.270. The molecule has 0 saturated carbocycles. The molecule has 0 aliphatic rings. The fraction of sp³-hybridized carbons (Fsp3) is 0.100. The predicted molar refractivity (Wildman–Crippen MR) is 58.4 cm³/mol. The molecule has 0 aliphatic carbocycles. The number of thiol groups is 1. The Kier molecular flexibility index (Phi) is 2.44. The van der Waals surface area contributed by atoms with Crippen LogP contribution in [0.4, 0.5) is 4.39 Å². The van der Waals surface area contributed by atoms with Gasteiger partial charge in [0, 0.05) is 20.4 Å². The van der Waals surface area contributed by atoms with Gasteiger partial charge in [-0.3, -0.25) is 0 Å². The summed E-state index contributed by atoms with van der Waals surface area (Å²) in [5.41, 5.74) is 0.870. The van der Waals surface area contributed by atoms with Gasteiger partial charge >= 0.3 is 0 Å². The van der Waals surface area contributed by atoms with Gasteiger partial charge in [0.15, 0.2) is 0 Å². The third-order valence-electron chi connectivity index (χ3n) is 2.00. The molecule has 0 unspecified atom stereocenters. The predicted octanol–water partition coefficient (Wildman–Crippen LogP) is 3.40. The Morgan fingerprint density at radius 3 is 3.00 bits per heavy atom. The molecule has 2 rings (SSSR count). The summed E-state index contributed by atoms with van der Waals surface area (Å²) in [6.07, 6.45) is 0.310. The molecule has 0 radical (unpaired) electrons. The van der Waals surface area contributed by atoms with Gasteiger partial charge in [-0.25, -0.2) is 4.39 Å². The largest absolute Gasteiger partial charge is 0.206 e. The molecule has 0 spiro atoms. The maximum Gasteiger partial charge on any atom is 0.133 e. The normalized spacial score (nSPS) is 10.4. The maximum atomic E-state index is 13.4. The number of hydrogen-bond acceptors (Lipinski definition) is 3. The van der Waals surface area contributed by atoms with E-state index in [0.717, 1.165) is 10.3 Å². The summed E-state index contributed by atoms with van der Waals surface area (Å²) >= 11 is 5.60. The first kappa shape index (κ1) is 9.50. The zero-order chi connectivity index (χ0) is 10.1. The lowest BCUT2D eigenvalue weighted by Crippen LogP contribution is -1.84. The van der Waals surface area contributed by atoms with Gasteiger partial charge in [0.2, 0.25) is 0 Å². The van der Waals surface area contributed by atoms with Crippen molar-refractivity contribution in [3.05, 3.63) is 28.9 Å². The summed E-state index contributed by atoms with van der Waals surface area (Å²) in [7, 11) is 0. The Bertz CT molecular complexity index is 525. The molecule has 0 amide bonds. The molecular formula is C10H6FNS2. The number of nitriles is 1. The zero-order valence-corrected chi connectivity index (χ0v) is 8.83. The summed E-state index contributed by atoms with van der Waals surface area (Å²) in [6.45, 7) is 0. The van der Waals surface area contributed by atoms with E-state index in [-0.39, 0.29) is 5.82 Å². The molecule has 0 aliphatic heterocycles. The second kappa shape index (κ2) is 3.60. The van der Waals surface area contributed by atoms with Crippen LogP contribution in [0.3, 0.4) is 0 Å². The molecule has 0 atom stereocenters. The Morgan fingerprint density at radius 1 is 1.50 bits per heavy atom. The Hall–Kier alpha value is -1.05. The minimum absolute atomic E-state index is 0.270. The number of benzene rings is 1. The highest BCUT2D eigenvalue weighted by Gasteiger charge is 2.10. The average molecular weight is 223 g/mol. The molecule has 1 heterocycles. The lowest BCUT2D eigenvalue weighted by molar-refractivity contribution is 0.638. The van der Waals surface area contributed by atoms with Gasteiger partial charge in [-0.2, -0.15) is 5.26 Å². The summed E-state index contributed by atoms with van der Waals surface area (Å²) in [6, 6.07) is 5.11. The van der Waals surface area contributed by atoms with E-state index in [0.29, 0.717) is 16.7 Å². The van der Waals surface area contributed by atoms with Gasteiger partial charge in [0.25, 0.3) is 0 Å². The van der Waals surface area contributed by atoms with E-state index in [1.54, 1.807) is 11.4 Å². The van der Waals surface area contributed by atoms with Crippen LogP contribution in [-0.4, -0.2) is 0 Å². The molecule has 70 valence electrons. The molecule has 0 fully saturated rings. The van der Waals surface area contributed by atoms with Crippen LogP contribution in [0.2, 0.25) is 0 Å². The zero-order valence-electron chi connectivity index (χ0n) is 7.12. The van der Waals surface area contributed by atoms with E-state index in [2.05, 4.69) is 18.7 Å². The van der Waals surface area contributed by atoms with Crippen LogP contribution in [0.25, 0.3) is 10.1 Å². The van der Waals surface area contributed by atoms with Crippen molar-refractivity contribution < 1.29 is 4.39 Å². The van der Waals surface area contributed by atoms with Crippen LogP contribution in [0.1, 0.15) is 5.56 Å². The van der Waals surface area contributed by atoms with Gasteiger partial charge < -0.3 is 0 Å². The highest BCUT2D eigenvalue weighted by Crippen LogP contribution is 2.33. The molecule has 0 N–H and O–H groups in total. The Balaban J connectivity index is 2.78.